The lowest BCUT2D eigenvalue weighted by Gasteiger charge is -2.16. The molecule has 0 fully saturated rings. The fourth-order valence-corrected chi connectivity index (χ4v) is 4.67. The van der Waals surface area contributed by atoms with Gasteiger partial charge in [0.05, 0.1) is 22.0 Å². The lowest BCUT2D eigenvalue weighted by atomic mass is 10.2. The van der Waals surface area contributed by atoms with E-state index in [4.69, 9.17) is 0 Å². The second-order valence-electron chi connectivity index (χ2n) is 7.26. The van der Waals surface area contributed by atoms with E-state index in [1.165, 1.54) is 18.2 Å². The number of nitrogens with zero attached hydrogens (tertiary/aromatic N) is 3. The Bertz CT molecular complexity index is 1430. The van der Waals surface area contributed by atoms with Crippen LogP contribution in [0.15, 0.2) is 77.7 Å². The number of aryl methyl sites for hydroxylation is 1. The Balaban J connectivity index is 1.82. The summed E-state index contributed by atoms with van der Waals surface area (Å²) in [7, 11) is -4.08. The Morgan fingerprint density at radius 1 is 0.969 bits per heavy atom. The van der Waals surface area contributed by atoms with Crippen molar-refractivity contribution >= 4 is 26.7 Å². The smallest absolute Gasteiger partial charge is 0.200 e. The van der Waals surface area contributed by atoms with Crippen LogP contribution in [0.25, 0.3) is 11.0 Å². The fourth-order valence-electron chi connectivity index (χ4n) is 3.29. The lowest BCUT2D eigenvalue weighted by molar-refractivity contribution is 0.590. The molecular formula is C24H19FN4O2S. The Kier molecular flexibility index (Phi) is 5.84. The van der Waals surface area contributed by atoms with Crippen molar-refractivity contribution in [1.29, 1.82) is 5.26 Å². The molecule has 0 aliphatic rings. The van der Waals surface area contributed by atoms with Crippen LogP contribution in [0.3, 0.4) is 0 Å². The molecule has 0 aliphatic carbocycles. The van der Waals surface area contributed by atoms with Gasteiger partial charge in [-0.05, 0) is 37.3 Å². The van der Waals surface area contributed by atoms with Crippen LogP contribution in [0.5, 0.6) is 0 Å². The number of sulfone groups is 1. The van der Waals surface area contributed by atoms with Gasteiger partial charge < -0.3 is 5.32 Å². The Morgan fingerprint density at radius 3 is 2.25 bits per heavy atom. The highest BCUT2D eigenvalue weighted by molar-refractivity contribution is 7.92. The second kappa shape index (κ2) is 8.73. The maximum absolute atomic E-state index is 14.1. The minimum atomic E-state index is -4.08. The monoisotopic (exact) mass is 446 g/mol. The largest absolute Gasteiger partial charge is 0.364 e. The summed E-state index contributed by atoms with van der Waals surface area (Å²) in [6.07, 6.45) is 0. The molecule has 4 rings (SSSR count). The first kappa shape index (κ1) is 21.4. The Morgan fingerprint density at radius 2 is 1.59 bits per heavy atom. The summed E-state index contributed by atoms with van der Waals surface area (Å²) < 4.78 is 40.7. The third-order valence-electron chi connectivity index (χ3n) is 5.03. The molecule has 6 nitrogen and oxygen atoms in total. The van der Waals surface area contributed by atoms with Crippen molar-refractivity contribution in [3.63, 3.8) is 0 Å². The molecule has 1 aromatic heterocycles. The van der Waals surface area contributed by atoms with Crippen molar-refractivity contribution in [2.45, 2.75) is 23.6 Å². The topological polar surface area (TPSA) is 95.7 Å². The lowest BCUT2D eigenvalue weighted by Crippen LogP contribution is -2.17. The first-order valence-electron chi connectivity index (χ1n) is 9.84. The molecule has 0 bridgehead atoms. The van der Waals surface area contributed by atoms with Gasteiger partial charge in [0.2, 0.25) is 9.84 Å². The average Bonchev–Trinajstić information content (AvgIpc) is 2.79. The van der Waals surface area contributed by atoms with Crippen LogP contribution in [0, 0.1) is 24.1 Å². The number of rotatable bonds is 6. The quantitative estimate of drug-likeness (QED) is 0.460. The van der Waals surface area contributed by atoms with Gasteiger partial charge in [-0.25, -0.2) is 22.8 Å². The normalized spacial score (nSPS) is 12.3. The molecule has 1 N–H and O–H groups in total. The number of anilines is 1. The van der Waals surface area contributed by atoms with Gasteiger partial charge in [-0.1, -0.05) is 48.0 Å². The minimum absolute atomic E-state index is 0.0182. The number of nitriles is 1. The molecule has 0 radical (unpaired) electrons. The van der Waals surface area contributed by atoms with Crippen LogP contribution in [0.2, 0.25) is 0 Å². The number of nitrogens with one attached hydrogen (secondary N) is 1. The summed E-state index contributed by atoms with van der Waals surface area (Å²) in [6, 6.07) is 21.4. The SMILES string of the molecule is Cc1ccc(S(=O)(=O)C(C#N)c2nc3ccccc3nc2NCc2ccccc2F)cc1. The predicted octanol–water partition coefficient (Wildman–Crippen LogP) is 4.73. The van der Waals surface area contributed by atoms with Gasteiger partial charge in [-0.3, -0.25) is 0 Å². The van der Waals surface area contributed by atoms with Gasteiger partial charge in [-0.2, -0.15) is 5.26 Å². The highest BCUT2D eigenvalue weighted by atomic mass is 32.2. The van der Waals surface area contributed by atoms with Crippen LogP contribution in [-0.4, -0.2) is 18.4 Å². The van der Waals surface area contributed by atoms with Gasteiger partial charge in [0.1, 0.15) is 11.5 Å². The van der Waals surface area contributed by atoms with E-state index in [1.807, 2.05) is 13.0 Å². The fraction of sp³-hybridized carbons (Fsp3) is 0.125. The number of hydrogen-bond acceptors (Lipinski definition) is 6. The summed E-state index contributed by atoms with van der Waals surface area (Å²) in [5.41, 5.74) is 2.23. The van der Waals surface area contributed by atoms with Gasteiger partial charge in [0.15, 0.2) is 11.1 Å². The van der Waals surface area contributed by atoms with Gasteiger partial charge >= 0.3 is 0 Å². The molecule has 1 atom stereocenters. The predicted molar refractivity (Wildman–Crippen MR) is 120 cm³/mol. The number of para-hydroxylation sites is 2. The van der Waals surface area contributed by atoms with Gasteiger partial charge in [0.25, 0.3) is 0 Å². The highest BCUT2D eigenvalue weighted by Gasteiger charge is 2.33. The highest BCUT2D eigenvalue weighted by Crippen LogP contribution is 2.32. The van der Waals surface area contributed by atoms with E-state index in [9.17, 15) is 18.1 Å². The van der Waals surface area contributed by atoms with Crippen molar-refractivity contribution in [2.24, 2.45) is 0 Å². The standard InChI is InChI=1S/C24H19FN4O2S/c1-16-10-12-18(13-11-16)32(30,31)22(14-26)23-24(27-15-17-6-2-3-7-19(17)25)29-21-9-5-4-8-20(21)28-23/h2-13,22H,15H2,1H3,(H,27,29). The van der Waals surface area contributed by atoms with E-state index < -0.39 is 20.9 Å². The van der Waals surface area contributed by atoms with E-state index in [-0.39, 0.29) is 23.0 Å². The zero-order valence-corrected chi connectivity index (χ0v) is 18.0. The number of benzene rings is 3. The van der Waals surface area contributed by atoms with Crippen LogP contribution < -0.4 is 5.32 Å². The maximum atomic E-state index is 14.1. The summed E-state index contributed by atoms with van der Waals surface area (Å²) in [4.78, 5) is 8.99. The Labute approximate surface area is 185 Å². The minimum Gasteiger partial charge on any atom is -0.364 e. The molecule has 160 valence electrons. The average molecular weight is 447 g/mol. The van der Waals surface area contributed by atoms with Crippen LogP contribution in [0.1, 0.15) is 22.1 Å². The van der Waals surface area contributed by atoms with Crippen LogP contribution in [-0.2, 0) is 16.4 Å². The third-order valence-corrected chi connectivity index (χ3v) is 6.91. The van der Waals surface area contributed by atoms with Crippen LogP contribution >= 0.6 is 0 Å². The number of aromatic nitrogens is 2. The van der Waals surface area contributed by atoms with E-state index in [2.05, 4.69) is 15.3 Å². The van der Waals surface area contributed by atoms with Crippen molar-refractivity contribution in [3.05, 3.63) is 95.4 Å². The number of hydrogen-bond donors (Lipinski definition) is 1. The van der Waals surface area contributed by atoms with Crippen molar-refractivity contribution in [3.8, 4) is 6.07 Å². The van der Waals surface area contributed by atoms with Crippen molar-refractivity contribution < 1.29 is 12.8 Å². The molecule has 0 spiro atoms. The second-order valence-corrected chi connectivity index (χ2v) is 9.29. The zero-order valence-electron chi connectivity index (χ0n) is 17.2. The third kappa shape index (κ3) is 4.15. The summed E-state index contributed by atoms with van der Waals surface area (Å²) in [5.74, 6) is -0.284. The molecule has 0 saturated carbocycles. The zero-order chi connectivity index (χ0) is 22.7. The number of halogens is 1. The first-order valence-corrected chi connectivity index (χ1v) is 11.4. The maximum Gasteiger partial charge on any atom is 0.200 e. The molecule has 0 aliphatic heterocycles. The molecule has 8 heteroatoms. The molecule has 1 heterocycles. The molecule has 0 saturated heterocycles. The van der Waals surface area contributed by atoms with Crippen molar-refractivity contribution in [1.82, 2.24) is 9.97 Å². The molecule has 4 aromatic rings. The summed E-state index contributed by atoms with van der Waals surface area (Å²) in [6.45, 7) is 1.90. The van der Waals surface area contributed by atoms with Crippen molar-refractivity contribution in [2.75, 3.05) is 5.32 Å². The molecule has 3 aromatic carbocycles. The van der Waals surface area contributed by atoms with E-state index in [1.54, 1.807) is 54.6 Å². The van der Waals surface area contributed by atoms with E-state index >= 15 is 0 Å². The molecule has 32 heavy (non-hydrogen) atoms. The Hall–Kier alpha value is -3.83. The van der Waals surface area contributed by atoms with E-state index in [0.29, 0.717) is 16.6 Å². The van der Waals surface area contributed by atoms with Crippen LogP contribution in [0.4, 0.5) is 10.2 Å². The van der Waals surface area contributed by atoms with E-state index in [0.717, 1.165) is 5.56 Å². The summed E-state index contributed by atoms with van der Waals surface area (Å²) >= 11 is 0. The first-order chi connectivity index (χ1) is 15.4. The molecule has 0 amide bonds. The summed E-state index contributed by atoms with van der Waals surface area (Å²) in [5, 5.41) is 11.3. The molecule has 1 unspecified atom stereocenters. The number of fused-ring (bicyclic) bond motifs is 1. The van der Waals surface area contributed by atoms with Gasteiger partial charge in [-0.15, -0.1) is 0 Å². The molecular weight excluding hydrogens is 427 g/mol. The van der Waals surface area contributed by atoms with Gasteiger partial charge in [0, 0.05) is 12.1 Å².